The fourth-order valence-electron chi connectivity index (χ4n) is 1.52. The van der Waals surface area contributed by atoms with Crippen LogP contribution in [0.2, 0.25) is 0 Å². The van der Waals surface area contributed by atoms with Crippen molar-refractivity contribution in [1.29, 1.82) is 0 Å². The topological polar surface area (TPSA) is 34.9 Å². The Hall–Kier alpha value is -2.11. The van der Waals surface area contributed by atoms with Gasteiger partial charge in [0.1, 0.15) is 0 Å². The molecule has 0 spiro atoms. The van der Waals surface area contributed by atoms with Gasteiger partial charge in [0.15, 0.2) is 5.82 Å². The van der Waals surface area contributed by atoms with Gasteiger partial charge in [0.25, 0.3) is 0 Å². The highest BCUT2D eigenvalue weighted by molar-refractivity contribution is 6.06. The van der Waals surface area contributed by atoms with Gasteiger partial charge in [-0.1, -0.05) is 12.1 Å². The average molecular weight is 254 g/mol. The highest BCUT2D eigenvalue weighted by atomic mass is 19.4. The van der Waals surface area contributed by atoms with Crippen LogP contribution in [-0.2, 0) is 13.2 Å². The summed E-state index contributed by atoms with van der Waals surface area (Å²) in [6, 6.07) is 4.08. The number of aromatic nitrogens is 2. The number of halogens is 3. The largest absolute Gasteiger partial charge is 0.416 e. The molecule has 1 aromatic carbocycles. The first kappa shape index (κ1) is 12.3. The third-order valence-corrected chi connectivity index (χ3v) is 2.50. The van der Waals surface area contributed by atoms with Gasteiger partial charge in [0, 0.05) is 25.0 Å². The number of carbonyl (C=O) groups is 1. The van der Waals surface area contributed by atoms with Gasteiger partial charge in [-0.3, -0.25) is 4.79 Å². The number of carbonyl (C=O) groups excluding carboxylic acids is 1. The van der Waals surface area contributed by atoms with Crippen LogP contribution in [0, 0.1) is 0 Å². The Labute approximate surface area is 101 Å². The second-order valence-electron chi connectivity index (χ2n) is 3.77. The molecule has 0 bridgehead atoms. The third-order valence-electron chi connectivity index (χ3n) is 2.50. The molecule has 0 aliphatic carbocycles. The maximum absolute atomic E-state index is 12.4. The fraction of sp³-hybridized carbons (Fsp3) is 0.167. The van der Waals surface area contributed by atoms with Crippen molar-refractivity contribution in [2.45, 2.75) is 6.18 Å². The van der Waals surface area contributed by atoms with Crippen molar-refractivity contribution >= 4 is 5.78 Å². The standard InChI is InChI=1S/C12H9F3N2O/c1-17-7-6-16-11(17)10(18)8-2-4-9(5-3-8)12(13,14)15/h2-7H,1H3. The number of benzene rings is 1. The van der Waals surface area contributed by atoms with Crippen LogP contribution in [0.25, 0.3) is 0 Å². The molecule has 0 unspecified atom stereocenters. The Kier molecular flexibility index (Phi) is 2.94. The second kappa shape index (κ2) is 4.29. The number of hydrogen-bond acceptors (Lipinski definition) is 2. The molecule has 0 radical (unpaired) electrons. The summed E-state index contributed by atoms with van der Waals surface area (Å²) < 4.78 is 38.6. The Bertz CT molecular complexity index is 570. The van der Waals surface area contributed by atoms with Gasteiger partial charge in [-0.05, 0) is 12.1 Å². The lowest BCUT2D eigenvalue weighted by Gasteiger charge is -2.07. The van der Waals surface area contributed by atoms with Crippen LogP contribution in [0.5, 0.6) is 0 Å². The number of ketones is 1. The van der Waals surface area contributed by atoms with Gasteiger partial charge in [-0.15, -0.1) is 0 Å². The molecule has 0 amide bonds. The monoisotopic (exact) mass is 254 g/mol. The van der Waals surface area contributed by atoms with Gasteiger partial charge in [0.05, 0.1) is 5.56 Å². The quantitative estimate of drug-likeness (QED) is 0.772. The number of aryl methyl sites for hydroxylation is 1. The maximum atomic E-state index is 12.4. The molecule has 2 aromatic rings. The van der Waals surface area contributed by atoms with E-state index in [1.807, 2.05) is 0 Å². The molecule has 2 rings (SSSR count). The molecule has 0 aliphatic rings. The summed E-state index contributed by atoms with van der Waals surface area (Å²) in [6.07, 6.45) is -1.35. The molecular formula is C12H9F3N2O. The van der Waals surface area contributed by atoms with Crippen molar-refractivity contribution in [3.05, 3.63) is 53.6 Å². The zero-order valence-electron chi connectivity index (χ0n) is 9.40. The molecule has 0 saturated carbocycles. The van der Waals surface area contributed by atoms with E-state index in [-0.39, 0.29) is 11.4 Å². The Morgan fingerprint density at radius 3 is 2.28 bits per heavy atom. The lowest BCUT2D eigenvalue weighted by Crippen LogP contribution is -2.10. The lowest BCUT2D eigenvalue weighted by atomic mass is 10.1. The molecule has 0 aliphatic heterocycles. The highest BCUT2D eigenvalue weighted by Crippen LogP contribution is 2.29. The molecule has 0 N–H and O–H groups in total. The summed E-state index contributed by atoms with van der Waals surface area (Å²) in [6.45, 7) is 0. The van der Waals surface area contributed by atoms with Crippen molar-refractivity contribution in [3.8, 4) is 0 Å². The number of hydrogen-bond donors (Lipinski definition) is 0. The zero-order valence-corrected chi connectivity index (χ0v) is 9.40. The van der Waals surface area contributed by atoms with E-state index in [1.165, 1.54) is 10.8 Å². The van der Waals surface area contributed by atoms with E-state index in [9.17, 15) is 18.0 Å². The van der Waals surface area contributed by atoms with E-state index in [0.29, 0.717) is 0 Å². The normalized spacial score (nSPS) is 11.6. The first-order valence-electron chi connectivity index (χ1n) is 5.09. The zero-order chi connectivity index (χ0) is 13.3. The predicted octanol–water partition coefficient (Wildman–Crippen LogP) is 2.67. The summed E-state index contributed by atoms with van der Waals surface area (Å²) in [5.74, 6) is -0.217. The van der Waals surface area contributed by atoms with Crippen LogP contribution in [0.3, 0.4) is 0 Å². The van der Waals surface area contributed by atoms with Crippen LogP contribution in [0.15, 0.2) is 36.7 Å². The minimum atomic E-state index is -4.40. The molecule has 6 heteroatoms. The predicted molar refractivity (Wildman–Crippen MR) is 58.1 cm³/mol. The SMILES string of the molecule is Cn1ccnc1C(=O)c1ccc(C(F)(F)F)cc1. The molecule has 1 aromatic heterocycles. The van der Waals surface area contributed by atoms with Crippen LogP contribution >= 0.6 is 0 Å². The van der Waals surface area contributed by atoms with Crippen LogP contribution in [-0.4, -0.2) is 15.3 Å². The molecule has 18 heavy (non-hydrogen) atoms. The summed E-state index contributed by atoms with van der Waals surface area (Å²) >= 11 is 0. The first-order chi connectivity index (χ1) is 8.39. The Morgan fingerprint density at radius 1 is 1.22 bits per heavy atom. The Balaban J connectivity index is 2.31. The molecule has 0 atom stereocenters. The van der Waals surface area contributed by atoms with Gasteiger partial charge >= 0.3 is 6.18 Å². The molecule has 3 nitrogen and oxygen atoms in total. The van der Waals surface area contributed by atoms with Crippen molar-refractivity contribution in [3.63, 3.8) is 0 Å². The van der Waals surface area contributed by atoms with E-state index in [0.717, 1.165) is 24.3 Å². The van der Waals surface area contributed by atoms with Crippen molar-refractivity contribution in [1.82, 2.24) is 9.55 Å². The molecule has 94 valence electrons. The van der Waals surface area contributed by atoms with E-state index in [2.05, 4.69) is 4.98 Å². The molecular weight excluding hydrogens is 245 g/mol. The van der Waals surface area contributed by atoms with Gasteiger partial charge in [-0.25, -0.2) is 4.98 Å². The van der Waals surface area contributed by atoms with E-state index >= 15 is 0 Å². The van der Waals surface area contributed by atoms with E-state index in [1.54, 1.807) is 13.2 Å². The maximum Gasteiger partial charge on any atom is 0.416 e. The molecule has 1 heterocycles. The minimum Gasteiger partial charge on any atom is -0.331 e. The lowest BCUT2D eigenvalue weighted by molar-refractivity contribution is -0.137. The van der Waals surface area contributed by atoms with Crippen LogP contribution in [0.4, 0.5) is 13.2 Å². The number of alkyl halides is 3. The van der Waals surface area contributed by atoms with Gasteiger partial charge in [-0.2, -0.15) is 13.2 Å². The van der Waals surface area contributed by atoms with E-state index in [4.69, 9.17) is 0 Å². The fourth-order valence-corrected chi connectivity index (χ4v) is 1.52. The number of nitrogens with zero attached hydrogens (tertiary/aromatic N) is 2. The number of rotatable bonds is 2. The summed E-state index contributed by atoms with van der Waals surface area (Å²) in [7, 11) is 1.64. The third kappa shape index (κ3) is 2.27. The number of imidazole rings is 1. The molecule has 0 saturated heterocycles. The average Bonchev–Trinajstić information content (AvgIpc) is 2.73. The minimum absolute atomic E-state index is 0.178. The summed E-state index contributed by atoms with van der Waals surface area (Å²) in [4.78, 5) is 15.8. The summed E-state index contributed by atoms with van der Waals surface area (Å²) in [5.41, 5.74) is -0.601. The Morgan fingerprint density at radius 2 is 1.83 bits per heavy atom. The highest BCUT2D eigenvalue weighted by Gasteiger charge is 2.30. The summed E-state index contributed by atoms with van der Waals surface area (Å²) in [5, 5.41) is 0. The van der Waals surface area contributed by atoms with Crippen molar-refractivity contribution in [2.24, 2.45) is 7.05 Å². The molecule has 0 fully saturated rings. The van der Waals surface area contributed by atoms with Gasteiger partial charge < -0.3 is 4.57 Å². The van der Waals surface area contributed by atoms with Crippen LogP contribution < -0.4 is 0 Å². The van der Waals surface area contributed by atoms with Crippen molar-refractivity contribution in [2.75, 3.05) is 0 Å². The van der Waals surface area contributed by atoms with E-state index < -0.39 is 17.5 Å². The van der Waals surface area contributed by atoms with Crippen molar-refractivity contribution < 1.29 is 18.0 Å². The van der Waals surface area contributed by atoms with Crippen LogP contribution in [0.1, 0.15) is 21.7 Å². The van der Waals surface area contributed by atoms with Gasteiger partial charge in [0.2, 0.25) is 5.78 Å². The second-order valence-corrected chi connectivity index (χ2v) is 3.77. The first-order valence-corrected chi connectivity index (χ1v) is 5.09. The smallest absolute Gasteiger partial charge is 0.331 e.